The number of piperidine rings is 1. The quantitative estimate of drug-likeness (QED) is 0.832. The number of aromatic nitrogens is 1. The van der Waals surface area contributed by atoms with Crippen molar-refractivity contribution >= 4 is 17.2 Å². The Hall–Kier alpha value is -1.04. The molecular weight excluding hydrogens is 246 g/mol. The fourth-order valence-electron chi connectivity index (χ4n) is 2.31. The molecule has 18 heavy (non-hydrogen) atoms. The third-order valence-electron chi connectivity index (χ3n) is 3.28. The Bertz CT molecular complexity index is 424. The van der Waals surface area contributed by atoms with Crippen molar-refractivity contribution in [2.24, 2.45) is 5.73 Å². The summed E-state index contributed by atoms with van der Waals surface area (Å²) in [7, 11) is 1.78. The number of hydrogen-bond acceptors (Lipinski definition) is 4. The summed E-state index contributed by atoms with van der Waals surface area (Å²) >= 11 is 4.95. The van der Waals surface area contributed by atoms with Gasteiger partial charge in [-0.2, -0.15) is 0 Å². The van der Waals surface area contributed by atoms with Gasteiger partial charge in [-0.3, -0.25) is 9.88 Å². The molecule has 1 aliphatic rings. The summed E-state index contributed by atoms with van der Waals surface area (Å²) in [5.74, 6) is 0. The molecule has 0 radical (unpaired) electrons. The van der Waals surface area contributed by atoms with Crippen molar-refractivity contribution in [3.63, 3.8) is 0 Å². The van der Waals surface area contributed by atoms with Crippen LogP contribution in [-0.4, -0.2) is 41.2 Å². The van der Waals surface area contributed by atoms with Crippen molar-refractivity contribution in [3.8, 4) is 0 Å². The number of thiocarbonyl (C=S) groups is 1. The number of pyridine rings is 1. The van der Waals surface area contributed by atoms with E-state index in [0.717, 1.165) is 26.1 Å². The van der Waals surface area contributed by atoms with Gasteiger partial charge >= 0.3 is 0 Å². The normalized spacial score (nSPS) is 20.8. The molecule has 4 nitrogen and oxygen atoms in total. The molecule has 2 N–H and O–H groups in total. The highest BCUT2D eigenvalue weighted by Crippen LogP contribution is 2.15. The molecule has 2 heterocycles. The lowest BCUT2D eigenvalue weighted by molar-refractivity contribution is 0.0285. The topological polar surface area (TPSA) is 51.4 Å². The zero-order chi connectivity index (χ0) is 13.0. The van der Waals surface area contributed by atoms with E-state index in [9.17, 15) is 0 Å². The van der Waals surface area contributed by atoms with Gasteiger partial charge in [0, 0.05) is 26.4 Å². The van der Waals surface area contributed by atoms with Gasteiger partial charge in [0.1, 0.15) is 4.99 Å². The van der Waals surface area contributed by atoms with Gasteiger partial charge < -0.3 is 10.5 Å². The Labute approximate surface area is 113 Å². The molecule has 98 valence electrons. The Kier molecular flexibility index (Phi) is 4.63. The predicted octanol–water partition coefficient (Wildman–Crippen LogP) is 1.33. The van der Waals surface area contributed by atoms with Crippen LogP contribution in [0.25, 0.3) is 0 Å². The molecule has 1 unspecified atom stereocenters. The first-order valence-electron chi connectivity index (χ1n) is 6.19. The summed E-state index contributed by atoms with van der Waals surface area (Å²) < 4.78 is 5.43. The lowest BCUT2D eigenvalue weighted by Crippen LogP contribution is -2.38. The average Bonchev–Trinajstić information content (AvgIpc) is 2.39. The maximum Gasteiger partial charge on any atom is 0.122 e. The van der Waals surface area contributed by atoms with Gasteiger partial charge in [0.05, 0.1) is 11.8 Å². The number of nitrogens with zero attached hydrogens (tertiary/aromatic N) is 2. The van der Waals surface area contributed by atoms with E-state index >= 15 is 0 Å². The largest absolute Gasteiger partial charge is 0.388 e. The molecular formula is C13H19N3OS. The van der Waals surface area contributed by atoms with Crippen LogP contribution in [0.4, 0.5) is 0 Å². The van der Waals surface area contributed by atoms with Crippen LogP contribution in [-0.2, 0) is 11.3 Å². The van der Waals surface area contributed by atoms with Gasteiger partial charge in [0.15, 0.2) is 0 Å². The molecule has 5 heteroatoms. The Balaban J connectivity index is 2.00. The second kappa shape index (κ2) is 6.22. The number of ether oxygens (including phenoxy) is 1. The lowest BCUT2D eigenvalue weighted by atomic mass is 10.1. The summed E-state index contributed by atoms with van der Waals surface area (Å²) in [6, 6.07) is 3.98. The van der Waals surface area contributed by atoms with E-state index in [1.807, 2.05) is 12.1 Å². The number of likely N-dealkylation sites (tertiary alicyclic amines) is 1. The summed E-state index contributed by atoms with van der Waals surface area (Å²) in [4.78, 5) is 6.90. The third-order valence-corrected chi connectivity index (χ3v) is 3.49. The minimum absolute atomic E-state index is 0.352. The molecule has 0 bridgehead atoms. The second-order valence-electron chi connectivity index (χ2n) is 4.65. The van der Waals surface area contributed by atoms with E-state index in [-0.39, 0.29) is 0 Å². The molecule has 1 aromatic heterocycles. The lowest BCUT2D eigenvalue weighted by Gasteiger charge is -2.31. The Morgan fingerprint density at radius 2 is 2.50 bits per heavy atom. The smallest absolute Gasteiger partial charge is 0.122 e. The van der Waals surface area contributed by atoms with Crippen LogP contribution in [0, 0.1) is 0 Å². The zero-order valence-corrected chi connectivity index (χ0v) is 11.4. The van der Waals surface area contributed by atoms with E-state index in [0.29, 0.717) is 16.8 Å². The number of rotatable bonds is 4. The van der Waals surface area contributed by atoms with Crippen molar-refractivity contribution in [1.29, 1.82) is 0 Å². The SMILES string of the molecule is COC1CCCN(Cc2ccnc(C(N)=S)c2)C1. The molecule has 0 aromatic carbocycles. The summed E-state index contributed by atoms with van der Waals surface area (Å²) in [5, 5.41) is 0. The number of hydrogen-bond donors (Lipinski definition) is 1. The fourth-order valence-corrected chi connectivity index (χ4v) is 2.43. The van der Waals surface area contributed by atoms with Crippen molar-refractivity contribution in [3.05, 3.63) is 29.6 Å². The maximum absolute atomic E-state index is 5.59. The van der Waals surface area contributed by atoms with Crippen LogP contribution >= 0.6 is 12.2 Å². The maximum atomic E-state index is 5.59. The molecule has 0 saturated carbocycles. The van der Waals surface area contributed by atoms with Crippen molar-refractivity contribution < 1.29 is 4.74 Å². The van der Waals surface area contributed by atoms with Gasteiger partial charge in [-0.05, 0) is 37.1 Å². The van der Waals surface area contributed by atoms with Crippen LogP contribution in [0.1, 0.15) is 24.1 Å². The Morgan fingerprint density at radius 1 is 1.67 bits per heavy atom. The van der Waals surface area contributed by atoms with Crippen LogP contribution < -0.4 is 5.73 Å². The molecule has 2 rings (SSSR count). The second-order valence-corrected chi connectivity index (χ2v) is 5.09. The van der Waals surface area contributed by atoms with Crippen LogP contribution in [0.15, 0.2) is 18.3 Å². The fraction of sp³-hybridized carbons (Fsp3) is 0.538. The molecule has 1 aliphatic heterocycles. The minimum Gasteiger partial charge on any atom is -0.388 e. The van der Waals surface area contributed by atoms with Crippen LogP contribution in [0.5, 0.6) is 0 Å². The van der Waals surface area contributed by atoms with Gasteiger partial charge in [0.25, 0.3) is 0 Å². The van der Waals surface area contributed by atoms with E-state index in [2.05, 4.69) is 9.88 Å². The molecule has 0 amide bonds. The highest BCUT2D eigenvalue weighted by molar-refractivity contribution is 7.80. The Morgan fingerprint density at radius 3 is 3.22 bits per heavy atom. The van der Waals surface area contributed by atoms with Gasteiger partial charge in [-0.25, -0.2) is 0 Å². The predicted molar refractivity (Wildman–Crippen MR) is 75.4 cm³/mol. The van der Waals surface area contributed by atoms with E-state index in [1.165, 1.54) is 12.0 Å². The highest BCUT2D eigenvalue weighted by Gasteiger charge is 2.19. The first kappa shape index (κ1) is 13.4. The summed E-state index contributed by atoms with van der Waals surface area (Å²) in [6.45, 7) is 3.00. The monoisotopic (exact) mass is 265 g/mol. The molecule has 1 aromatic rings. The van der Waals surface area contributed by atoms with Gasteiger partial charge in [0.2, 0.25) is 0 Å². The van der Waals surface area contributed by atoms with Crippen LogP contribution in [0.3, 0.4) is 0 Å². The zero-order valence-electron chi connectivity index (χ0n) is 10.6. The van der Waals surface area contributed by atoms with Gasteiger partial charge in [-0.1, -0.05) is 12.2 Å². The van der Waals surface area contributed by atoms with Crippen molar-refractivity contribution in [2.75, 3.05) is 20.2 Å². The average molecular weight is 265 g/mol. The van der Waals surface area contributed by atoms with Crippen molar-refractivity contribution in [1.82, 2.24) is 9.88 Å². The molecule has 0 spiro atoms. The van der Waals surface area contributed by atoms with Gasteiger partial charge in [-0.15, -0.1) is 0 Å². The molecule has 0 aliphatic carbocycles. The molecule has 1 fully saturated rings. The third kappa shape index (κ3) is 3.48. The first-order valence-corrected chi connectivity index (χ1v) is 6.59. The van der Waals surface area contributed by atoms with E-state index < -0.39 is 0 Å². The summed E-state index contributed by atoms with van der Waals surface area (Å²) in [5.41, 5.74) is 7.49. The number of methoxy groups -OCH3 is 1. The molecule has 1 saturated heterocycles. The van der Waals surface area contributed by atoms with E-state index in [4.69, 9.17) is 22.7 Å². The van der Waals surface area contributed by atoms with Crippen LogP contribution in [0.2, 0.25) is 0 Å². The summed E-state index contributed by atoms with van der Waals surface area (Å²) in [6.07, 6.45) is 4.46. The van der Waals surface area contributed by atoms with E-state index in [1.54, 1.807) is 13.3 Å². The molecule has 1 atom stereocenters. The number of nitrogens with two attached hydrogens (primary N) is 1. The van der Waals surface area contributed by atoms with Crippen molar-refractivity contribution in [2.45, 2.75) is 25.5 Å². The first-order chi connectivity index (χ1) is 8.69. The standard InChI is InChI=1S/C13H19N3OS/c1-17-11-3-2-6-16(9-11)8-10-4-5-15-12(7-10)13(14)18/h4-5,7,11H,2-3,6,8-9H2,1H3,(H2,14,18). The highest BCUT2D eigenvalue weighted by atomic mass is 32.1. The minimum atomic E-state index is 0.352.